The molecule has 3 N–H and O–H groups in total. The minimum Gasteiger partial charge on any atom is -0.480 e. The second-order valence-corrected chi connectivity index (χ2v) is 6.03. The Bertz CT molecular complexity index is 815. The minimum absolute atomic E-state index is 0.310. The average Bonchev–Trinajstić information content (AvgIpc) is 2.89. The predicted molar refractivity (Wildman–Crippen MR) is 90.0 cm³/mol. The molecule has 2 heterocycles. The fourth-order valence-corrected chi connectivity index (χ4v) is 2.89. The molecular weight excluding hydrogens is 380 g/mol. The van der Waals surface area contributed by atoms with E-state index in [1.54, 1.807) is 10.6 Å². The quantitative estimate of drug-likeness (QED) is 0.671. The third-order valence-corrected chi connectivity index (χ3v) is 3.86. The van der Waals surface area contributed by atoms with Gasteiger partial charge in [-0.2, -0.15) is 0 Å². The zero-order valence-corrected chi connectivity index (χ0v) is 14.8. The highest BCUT2D eigenvalue weighted by Crippen LogP contribution is 2.22. The standard InChI is InChI=1S/C15H17BrN4O4/c1-3-10-13(15(24)18-5-11(21)17-6-12(22)23)20-7-8(2)4-9(16)14(20)19-10/h4,7H,3,5-6H2,1-2H3,(H,17,21)(H,18,24)(H,22,23). The first-order chi connectivity index (χ1) is 11.3. The molecule has 2 amide bonds. The first-order valence-corrected chi connectivity index (χ1v) is 8.06. The summed E-state index contributed by atoms with van der Waals surface area (Å²) in [6.45, 7) is 2.99. The van der Waals surface area contributed by atoms with Crippen LogP contribution in [-0.4, -0.2) is 45.4 Å². The minimum atomic E-state index is -1.15. The third-order valence-electron chi connectivity index (χ3n) is 3.28. The van der Waals surface area contributed by atoms with Gasteiger partial charge in [-0.1, -0.05) is 6.92 Å². The van der Waals surface area contributed by atoms with E-state index in [0.29, 0.717) is 23.5 Å². The van der Waals surface area contributed by atoms with Crippen molar-refractivity contribution in [2.75, 3.05) is 13.1 Å². The molecular formula is C15H17BrN4O4. The zero-order valence-electron chi connectivity index (χ0n) is 13.2. The van der Waals surface area contributed by atoms with Crippen LogP contribution in [0.3, 0.4) is 0 Å². The van der Waals surface area contributed by atoms with Crippen molar-refractivity contribution in [3.05, 3.63) is 33.7 Å². The van der Waals surface area contributed by atoms with Crippen LogP contribution >= 0.6 is 15.9 Å². The summed E-state index contributed by atoms with van der Waals surface area (Å²) in [5.74, 6) is -2.16. The number of aryl methyl sites for hydroxylation is 2. The largest absolute Gasteiger partial charge is 0.480 e. The Morgan fingerprint density at radius 1 is 1.29 bits per heavy atom. The number of nitrogens with one attached hydrogen (secondary N) is 2. The fraction of sp³-hybridized carbons (Fsp3) is 0.333. The van der Waals surface area contributed by atoms with E-state index in [2.05, 4.69) is 31.5 Å². The molecule has 2 aromatic rings. The Balaban J connectivity index is 2.22. The highest BCUT2D eigenvalue weighted by Gasteiger charge is 2.20. The lowest BCUT2D eigenvalue weighted by Gasteiger charge is -2.07. The van der Waals surface area contributed by atoms with Gasteiger partial charge >= 0.3 is 5.97 Å². The summed E-state index contributed by atoms with van der Waals surface area (Å²) in [5, 5.41) is 13.2. The van der Waals surface area contributed by atoms with Crippen LogP contribution in [0, 0.1) is 6.92 Å². The molecule has 128 valence electrons. The van der Waals surface area contributed by atoms with Crippen molar-refractivity contribution in [2.24, 2.45) is 0 Å². The first-order valence-electron chi connectivity index (χ1n) is 7.27. The van der Waals surface area contributed by atoms with Gasteiger partial charge in [0.25, 0.3) is 5.91 Å². The van der Waals surface area contributed by atoms with E-state index in [1.807, 2.05) is 19.9 Å². The van der Waals surface area contributed by atoms with Crippen LogP contribution in [0.5, 0.6) is 0 Å². The molecule has 0 fully saturated rings. The number of hydrogen-bond acceptors (Lipinski definition) is 4. The molecule has 0 aliphatic carbocycles. The Hall–Kier alpha value is -2.42. The number of carbonyl (C=O) groups is 3. The van der Waals surface area contributed by atoms with Gasteiger partial charge in [0.15, 0.2) is 5.65 Å². The van der Waals surface area contributed by atoms with Gasteiger partial charge in [-0.05, 0) is 40.9 Å². The van der Waals surface area contributed by atoms with E-state index in [-0.39, 0.29) is 6.54 Å². The summed E-state index contributed by atoms with van der Waals surface area (Å²) >= 11 is 3.44. The van der Waals surface area contributed by atoms with Gasteiger partial charge in [0.05, 0.1) is 16.7 Å². The summed E-state index contributed by atoms with van der Waals surface area (Å²) in [6, 6.07) is 1.91. The van der Waals surface area contributed by atoms with Crippen molar-refractivity contribution in [2.45, 2.75) is 20.3 Å². The second-order valence-electron chi connectivity index (χ2n) is 5.17. The van der Waals surface area contributed by atoms with E-state index in [1.165, 1.54) is 0 Å². The van der Waals surface area contributed by atoms with Gasteiger partial charge in [0.1, 0.15) is 12.2 Å². The van der Waals surface area contributed by atoms with E-state index >= 15 is 0 Å². The number of nitrogens with zero attached hydrogens (tertiary/aromatic N) is 2. The Kier molecular flexibility index (Phi) is 5.55. The third kappa shape index (κ3) is 3.91. The normalized spacial score (nSPS) is 10.6. The van der Waals surface area contributed by atoms with Crippen molar-refractivity contribution >= 4 is 39.4 Å². The molecule has 0 atom stereocenters. The van der Waals surface area contributed by atoms with E-state index < -0.39 is 24.3 Å². The summed E-state index contributed by atoms with van der Waals surface area (Å²) in [7, 11) is 0. The Labute approximate surface area is 146 Å². The van der Waals surface area contributed by atoms with Gasteiger partial charge in [0.2, 0.25) is 5.91 Å². The van der Waals surface area contributed by atoms with Crippen LogP contribution in [0.25, 0.3) is 5.65 Å². The summed E-state index contributed by atoms with van der Waals surface area (Å²) in [4.78, 5) is 38.9. The molecule has 0 radical (unpaired) electrons. The molecule has 8 nitrogen and oxygen atoms in total. The second kappa shape index (κ2) is 7.43. The Morgan fingerprint density at radius 2 is 2.00 bits per heavy atom. The first kappa shape index (κ1) is 17.9. The maximum absolute atomic E-state index is 12.5. The van der Waals surface area contributed by atoms with Gasteiger partial charge in [-0.25, -0.2) is 4.98 Å². The smallest absolute Gasteiger partial charge is 0.322 e. The number of carboxylic acid groups (broad SMARTS) is 1. The Morgan fingerprint density at radius 3 is 2.62 bits per heavy atom. The lowest BCUT2D eigenvalue weighted by Crippen LogP contribution is -2.39. The molecule has 0 bridgehead atoms. The lowest BCUT2D eigenvalue weighted by atomic mass is 10.2. The molecule has 0 aliphatic heterocycles. The average molecular weight is 397 g/mol. The number of pyridine rings is 1. The zero-order chi connectivity index (χ0) is 17.9. The fourth-order valence-electron chi connectivity index (χ4n) is 2.25. The molecule has 0 saturated heterocycles. The van der Waals surface area contributed by atoms with Crippen LogP contribution in [0.2, 0.25) is 0 Å². The van der Waals surface area contributed by atoms with Crippen LogP contribution in [-0.2, 0) is 16.0 Å². The molecule has 24 heavy (non-hydrogen) atoms. The van der Waals surface area contributed by atoms with Gasteiger partial charge < -0.3 is 15.7 Å². The molecule has 0 spiro atoms. The number of carboxylic acids is 1. The van der Waals surface area contributed by atoms with Crippen LogP contribution in [0.1, 0.15) is 28.7 Å². The van der Waals surface area contributed by atoms with E-state index in [9.17, 15) is 14.4 Å². The number of amides is 2. The lowest BCUT2D eigenvalue weighted by molar-refractivity contribution is -0.137. The van der Waals surface area contributed by atoms with Crippen molar-refractivity contribution in [3.63, 3.8) is 0 Å². The molecule has 2 rings (SSSR count). The maximum Gasteiger partial charge on any atom is 0.322 e. The molecule has 0 unspecified atom stereocenters. The van der Waals surface area contributed by atoms with E-state index in [4.69, 9.17) is 5.11 Å². The number of fused-ring (bicyclic) bond motifs is 1. The highest BCUT2D eigenvalue weighted by atomic mass is 79.9. The molecule has 2 aromatic heterocycles. The number of aliphatic carboxylic acids is 1. The number of imidazole rings is 1. The summed E-state index contributed by atoms with van der Waals surface area (Å²) in [6.07, 6.45) is 2.35. The van der Waals surface area contributed by atoms with Crippen molar-refractivity contribution in [1.82, 2.24) is 20.0 Å². The molecule has 9 heteroatoms. The van der Waals surface area contributed by atoms with Gasteiger partial charge in [-0.3, -0.25) is 18.8 Å². The monoisotopic (exact) mass is 396 g/mol. The number of halogens is 1. The molecule has 0 aliphatic rings. The summed E-state index contributed by atoms with van der Waals surface area (Å²) in [5.41, 5.74) is 2.55. The van der Waals surface area contributed by atoms with Crippen LogP contribution < -0.4 is 10.6 Å². The van der Waals surface area contributed by atoms with Gasteiger partial charge in [0, 0.05) is 6.20 Å². The van der Waals surface area contributed by atoms with E-state index in [0.717, 1.165) is 10.0 Å². The van der Waals surface area contributed by atoms with Crippen LogP contribution in [0.15, 0.2) is 16.7 Å². The number of rotatable bonds is 6. The molecule has 0 saturated carbocycles. The SMILES string of the molecule is CCc1nc2c(Br)cc(C)cn2c1C(=O)NCC(=O)NCC(=O)O. The van der Waals surface area contributed by atoms with Crippen molar-refractivity contribution in [3.8, 4) is 0 Å². The number of carbonyl (C=O) groups excluding carboxylic acids is 2. The highest BCUT2D eigenvalue weighted by molar-refractivity contribution is 9.10. The maximum atomic E-state index is 12.5. The van der Waals surface area contributed by atoms with Gasteiger partial charge in [-0.15, -0.1) is 0 Å². The molecule has 0 aromatic carbocycles. The number of aromatic nitrogens is 2. The van der Waals surface area contributed by atoms with Crippen LogP contribution in [0.4, 0.5) is 0 Å². The van der Waals surface area contributed by atoms with Crippen molar-refractivity contribution in [1.29, 1.82) is 0 Å². The topological polar surface area (TPSA) is 113 Å². The number of hydrogen-bond donors (Lipinski definition) is 3. The predicted octanol–water partition coefficient (Wildman–Crippen LogP) is 0.898. The summed E-state index contributed by atoms with van der Waals surface area (Å²) < 4.78 is 2.46. The van der Waals surface area contributed by atoms with Crippen molar-refractivity contribution < 1.29 is 19.5 Å².